The van der Waals surface area contributed by atoms with E-state index in [4.69, 9.17) is 0 Å². The molecule has 4 unspecified atom stereocenters. The van der Waals surface area contributed by atoms with Crippen LogP contribution in [0.15, 0.2) is 18.2 Å². The van der Waals surface area contributed by atoms with Crippen molar-refractivity contribution >= 4 is 23.5 Å². The van der Waals surface area contributed by atoms with Crippen molar-refractivity contribution in [1.29, 1.82) is 0 Å². The minimum absolute atomic E-state index is 0.104. The largest absolute Gasteiger partial charge is 0.312 e. The van der Waals surface area contributed by atoms with Gasteiger partial charge < -0.3 is 5.32 Å². The monoisotopic (exact) mass is 299 g/mol. The van der Waals surface area contributed by atoms with Crippen molar-refractivity contribution in [1.82, 2.24) is 5.32 Å². The lowest BCUT2D eigenvalue weighted by molar-refractivity contribution is 0.572. The second-order valence-corrected chi connectivity index (χ2v) is 8.22. The van der Waals surface area contributed by atoms with Crippen LogP contribution in [0.2, 0.25) is 0 Å². The van der Waals surface area contributed by atoms with Crippen LogP contribution >= 0.6 is 23.5 Å². The predicted octanol–water partition coefficient (Wildman–Crippen LogP) is 4.02. The van der Waals surface area contributed by atoms with Gasteiger partial charge in [-0.15, -0.1) is 0 Å². The van der Waals surface area contributed by atoms with Crippen molar-refractivity contribution in [2.24, 2.45) is 0 Å². The van der Waals surface area contributed by atoms with Crippen molar-refractivity contribution in [3.8, 4) is 0 Å². The molecule has 19 heavy (non-hydrogen) atoms. The fourth-order valence-corrected chi connectivity index (χ4v) is 5.51. The van der Waals surface area contributed by atoms with Crippen molar-refractivity contribution in [3.05, 3.63) is 35.1 Å². The number of halogens is 1. The minimum atomic E-state index is -0.104. The topological polar surface area (TPSA) is 12.0 Å². The van der Waals surface area contributed by atoms with Crippen LogP contribution in [-0.4, -0.2) is 28.6 Å². The standard InChI is InChI=1S/C15H22FNS2/c1-9-5-6-12(7-13(9)16)15(17-4)14-8-18-10(2)11(3)19-14/h5-7,10-11,14-15,17H,8H2,1-4H3. The van der Waals surface area contributed by atoms with Crippen LogP contribution in [0.5, 0.6) is 0 Å². The molecule has 1 N–H and O–H groups in total. The third-order valence-corrected chi connectivity index (χ3v) is 7.31. The Morgan fingerprint density at radius 1 is 1.32 bits per heavy atom. The zero-order valence-corrected chi connectivity index (χ0v) is 13.6. The van der Waals surface area contributed by atoms with Gasteiger partial charge in [0.05, 0.1) is 0 Å². The molecule has 1 fully saturated rings. The molecule has 1 heterocycles. The first-order valence-electron chi connectivity index (χ1n) is 6.73. The minimum Gasteiger partial charge on any atom is -0.312 e. The highest BCUT2D eigenvalue weighted by molar-refractivity contribution is 8.07. The maximum absolute atomic E-state index is 13.7. The van der Waals surface area contributed by atoms with Crippen molar-refractivity contribution in [2.75, 3.05) is 12.8 Å². The van der Waals surface area contributed by atoms with E-state index < -0.39 is 0 Å². The quantitative estimate of drug-likeness (QED) is 0.905. The first-order valence-corrected chi connectivity index (χ1v) is 8.72. The second kappa shape index (κ2) is 6.51. The average molecular weight is 299 g/mol. The van der Waals surface area contributed by atoms with Gasteiger partial charge in [0, 0.05) is 27.5 Å². The van der Waals surface area contributed by atoms with Gasteiger partial charge in [-0.25, -0.2) is 4.39 Å². The van der Waals surface area contributed by atoms with Crippen LogP contribution in [0.3, 0.4) is 0 Å². The summed E-state index contributed by atoms with van der Waals surface area (Å²) in [6.07, 6.45) is 0. The lowest BCUT2D eigenvalue weighted by Crippen LogP contribution is -2.35. The summed E-state index contributed by atoms with van der Waals surface area (Å²) >= 11 is 4.05. The summed E-state index contributed by atoms with van der Waals surface area (Å²) in [6.45, 7) is 6.39. The Morgan fingerprint density at radius 2 is 2.05 bits per heavy atom. The van der Waals surface area contributed by atoms with E-state index in [2.05, 4.69) is 19.2 Å². The third kappa shape index (κ3) is 3.47. The first-order chi connectivity index (χ1) is 9.02. The van der Waals surface area contributed by atoms with Crippen LogP contribution in [-0.2, 0) is 0 Å². The van der Waals surface area contributed by atoms with E-state index in [1.54, 1.807) is 6.07 Å². The third-order valence-electron chi connectivity index (χ3n) is 3.81. The highest BCUT2D eigenvalue weighted by Crippen LogP contribution is 2.41. The molecule has 0 aliphatic carbocycles. The summed E-state index contributed by atoms with van der Waals surface area (Å²) in [4.78, 5) is 0. The summed E-state index contributed by atoms with van der Waals surface area (Å²) in [5, 5.41) is 5.22. The van der Waals surface area contributed by atoms with Gasteiger partial charge in [0.2, 0.25) is 0 Å². The molecule has 2 rings (SSSR count). The summed E-state index contributed by atoms with van der Waals surface area (Å²) in [5.41, 5.74) is 1.77. The van der Waals surface area contributed by atoms with Gasteiger partial charge in [-0.2, -0.15) is 23.5 Å². The Balaban J connectivity index is 2.17. The Bertz CT molecular complexity index is 438. The van der Waals surface area contributed by atoms with E-state index in [-0.39, 0.29) is 11.9 Å². The van der Waals surface area contributed by atoms with E-state index >= 15 is 0 Å². The molecule has 0 saturated carbocycles. The Labute approximate surface area is 124 Å². The molecule has 0 radical (unpaired) electrons. The molecular formula is C15H22FNS2. The van der Waals surface area contributed by atoms with Gasteiger partial charge in [-0.05, 0) is 31.2 Å². The van der Waals surface area contributed by atoms with Crippen LogP contribution in [0, 0.1) is 12.7 Å². The molecule has 106 valence electrons. The second-order valence-electron chi connectivity index (χ2n) is 5.19. The number of aryl methyl sites for hydroxylation is 1. The lowest BCUT2D eigenvalue weighted by Gasteiger charge is -2.36. The SMILES string of the molecule is CNC(c1ccc(C)c(F)c1)C1CSC(C)C(C)S1. The number of thioether (sulfide) groups is 2. The van der Waals surface area contributed by atoms with Crippen LogP contribution in [0.1, 0.15) is 31.0 Å². The van der Waals surface area contributed by atoms with E-state index in [9.17, 15) is 4.39 Å². The maximum atomic E-state index is 13.7. The van der Waals surface area contributed by atoms with Gasteiger partial charge >= 0.3 is 0 Å². The van der Waals surface area contributed by atoms with E-state index in [0.717, 1.165) is 11.3 Å². The van der Waals surface area contributed by atoms with E-state index in [1.807, 2.05) is 49.6 Å². The van der Waals surface area contributed by atoms with Gasteiger partial charge in [-0.3, -0.25) is 0 Å². The smallest absolute Gasteiger partial charge is 0.126 e. The van der Waals surface area contributed by atoms with Gasteiger partial charge in [0.15, 0.2) is 0 Å². The lowest BCUT2D eigenvalue weighted by atomic mass is 10.0. The van der Waals surface area contributed by atoms with E-state index in [0.29, 0.717) is 21.3 Å². The predicted molar refractivity (Wildman–Crippen MR) is 85.7 cm³/mol. The zero-order chi connectivity index (χ0) is 14.0. The number of benzene rings is 1. The van der Waals surface area contributed by atoms with Gasteiger partial charge in [0.1, 0.15) is 5.82 Å². The molecule has 0 spiro atoms. The maximum Gasteiger partial charge on any atom is 0.126 e. The molecule has 1 aliphatic rings. The Hall–Kier alpha value is -0.190. The fourth-order valence-electron chi connectivity index (χ4n) is 2.35. The zero-order valence-electron chi connectivity index (χ0n) is 11.9. The van der Waals surface area contributed by atoms with Crippen LogP contribution in [0.25, 0.3) is 0 Å². The van der Waals surface area contributed by atoms with E-state index in [1.165, 1.54) is 0 Å². The summed E-state index contributed by atoms with van der Waals surface area (Å²) in [6, 6.07) is 5.84. The number of nitrogens with one attached hydrogen (secondary N) is 1. The molecule has 1 saturated heterocycles. The summed E-state index contributed by atoms with van der Waals surface area (Å²) in [5.74, 6) is 1.02. The Morgan fingerprint density at radius 3 is 2.63 bits per heavy atom. The average Bonchev–Trinajstić information content (AvgIpc) is 2.39. The molecule has 0 bridgehead atoms. The van der Waals surface area contributed by atoms with Crippen LogP contribution < -0.4 is 5.32 Å². The number of hydrogen-bond acceptors (Lipinski definition) is 3. The first kappa shape index (κ1) is 15.2. The number of rotatable bonds is 3. The molecule has 1 aromatic rings. The molecular weight excluding hydrogens is 277 g/mol. The van der Waals surface area contributed by atoms with Gasteiger partial charge in [-0.1, -0.05) is 26.0 Å². The molecule has 1 aliphatic heterocycles. The van der Waals surface area contributed by atoms with Crippen molar-refractivity contribution < 1.29 is 4.39 Å². The van der Waals surface area contributed by atoms with Crippen LogP contribution in [0.4, 0.5) is 4.39 Å². The van der Waals surface area contributed by atoms with Crippen molar-refractivity contribution in [3.63, 3.8) is 0 Å². The molecule has 0 aromatic heterocycles. The van der Waals surface area contributed by atoms with Gasteiger partial charge in [0.25, 0.3) is 0 Å². The fraction of sp³-hybridized carbons (Fsp3) is 0.600. The molecule has 1 aromatic carbocycles. The highest BCUT2D eigenvalue weighted by atomic mass is 32.2. The molecule has 0 amide bonds. The normalized spacial score (nSPS) is 29.2. The Kier molecular flexibility index (Phi) is 5.21. The molecule has 1 nitrogen and oxygen atoms in total. The highest BCUT2D eigenvalue weighted by Gasteiger charge is 2.31. The molecule has 4 atom stereocenters. The van der Waals surface area contributed by atoms with Crippen molar-refractivity contribution in [2.45, 2.75) is 42.6 Å². The summed E-state index contributed by atoms with van der Waals surface area (Å²) < 4.78 is 13.7. The summed E-state index contributed by atoms with van der Waals surface area (Å²) in [7, 11) is 1.97. The molecule has 4 heteroatoms. The number of hydrogen-bond donors (Lipinski definition) is 1.